The molecule has 19 heavy (non-hydrogen) atoms. The van der Waals surface area contributed by atoms with Gasteiger partial charge in [0.25, 0.3) is 0 Å². The van der Waals surface area contributed by atoms with Crippen molar-refractivity contribution in [2.45, 2.75) is 0 Å². The van der Waals surface area contributed by atoms with Gasteiger partial charge in [0.2, 0.25) is 5.78 Å². The molecule has 0 radical (unpaired) electrons. The smallest absolute Gasteiger partial charge is 0.205 e. The molecule has 0 aliphatic heterocycles. The van der Waals surface area contributed by atoms with Gasteiger partial charge in [0.05, 0.1) is 0 Å². The molecular weight excluding hydrogens is 236 g/mol. The molecule has 0 bridgehead atoms. The summed E-state index contributed by atoms with van der Waals surface area (Å²) in [6, 6.07) is 13.6. The Kier molecular flexibility index (Phi) is 4.08. The van der Waals surface area contributed by atoms with Gasteiger partial charge in [0.1, 0.15) is 5.69 Å². The minimum Gasteiger partial charge on any atom is -0.383 e. The normalized spacial score (nSPS) is 10.6. The fourth-order valence-corrected chi connectivity index (χ4v) is 1.64. The molecule has 3 nitrogen and oxygen atoms in total. The second-order valence-electron chi connectivity index (χ2n) is 4.44. The zero-order valence-corrected chi connectivity index (χ0v) is 11.1. The Bertz CT molecular complexity index is 571. The number of rotatable bonds is 4. The van der Waals surface area contributed by atoms with Crippen molar-refractivity contribution in [3.63, 3.8) is 0 Å². The number of hydrogen-bond donors (Lipinski definition) is 0. The molecule has 1 heterocycles. The summed E-state index contributed by atoms with van der Waals surface area (Å²) in [5.41, 5.74) is 2.56. The van der Waals surface area contributed by atoms with Crippen LogP contribution in [0, 0.1) is 0 Å². The van der Waals surface area contributed by atoms with Gasteiger partial charge in [-0.15, -0.1) is 0 Å². The van der Waals surface area contributed by atoms with Gasteiger partial charge >= 0.3 is 0 Å². The zero-order chi connectivity index (χ0) is 13.7. The highest BCUT2D eigenvalue weighted by Gasteiger charge is 2.04. The third-order valence-electron chi connectivity index (χ3n) is 2.65. The van der Waals surface area contributed by atoms with E-state index in [0.717, 1.165) is 11.1 Å². The van der Waals surface area contributed by atoms with Crippen molar-refractivity contribution < 1.29 is 4.79 Å². The molecule has 2 aromatic rings. The van der Waals surface area contributed by atoms with E-state index in [9.17, 15) is 4.79 Å². The maximum Gasteiger partial charge on any atom is 0.205 e. The van der Waals surface area contributed by atoms with Gasteiger partial charge in [-0.3, -0.25) is 9.78 Å². The quantitative estimate of drug-likeness (QED) is 0.619. The highest BCUT2D eigenvalue weighted by atomic mass is 16.1. The van der Waals surface area contributed by atoms with E-state index in [1.54, 1.807) is 18.5 Å². The lowest BCUT2D eigenvalue weighted by Crippen LogP contribution is -2.04. The van der Waals surface area contributed by atoms with E-state index >= 15 is 0 Å². The Morgan fingerprint density at radius 1 is 1.05 bits per heavy atom. The summed E-state index contributed by atoms with van der Waals surface area (Å²) in [5, 5.41) is 0. The van der Waals surface area contributed by atoms with Crippen LogP contribution in [0.4, 0.5) is 0 Å². The molecule has 2 rings (SSSR count). The molecule has 3 heteroatoms. The molecule has 0 spiro atoms. The molecular formula is C16H16N2O. The van der Waals surface area contributed by atoms with E-state index in [4.69, 9.17) is 0 Å². The molecule has 1 aromatic heterocycles. The third kappa shape index (κ3) is 3.52. The average Bonchev–Trinajstić information content (AvgIpc) is 2.46. The van der Waals surface area contributed by atoms with Crippen LogP contribution >= 0.6 is 0 Å². The van der Waals surface area contributed by atoms with Crippen molar-refractivity contribution in [1.29, 1.82) is 0 Å². The summed E-state index contributed by atoms with van der Waals surface area (Å²) in [7, 11) is 3.74. The van der Waals surface area contributed by atoms with E-state index in [-0.39, 0.29) is 5.78 Å². The lowest BCUT2D eigenvalue weighted by Gasteiger charge is -2.03. The van der Waals surface area contributed by atoms with Gasteiger partial charge in [0.15, 0.2) is 0 Å². The molecule has 0 atom stereocenters. The molecule has 1 aromatic carbocycles. The Morgan fingerprint density at radius 2 is 1.79 bits per heavy atom. The second kappa shape index (κ2) is 5.96. The summed E-state index contributed by atoms with van der Waals surface area (Å²) in [5.74, 6) is -0.0895. The number of nitrogens with zero attached hydrogens (tertiary/aromatic N) is 2. The number of ketones is 1. The van der Waals surface area contributed by atoms with Crippen molar-refractivity contribution in [2.24, 2.45) is 0 Å². The van der Waals surface area contributed by atoms with Crippen LogP contribution in [0.15, 0.2) is 60.9 Å². The summed E-state index contributed by atoms with van der Waals surface area (Å²) in [6.45, 7) is 0. The maximum absolute atomic E-state index is 11.8. The average molecular weight is 252 g/mol. The Labute approximate surface area is 113 Å². The van der Waals surface area contributed by atoms with Crippen LogP contribution < -0.4 is 0 Å². The Balaban J connectivity index is 2.17. The van der Waals surface area contributed by atoms with Crippen LogP contribution in [-0.2, 0) is 0 Å². The van der Waals surface area contributed by atoms with Crippen LogP contribution in [0.1, 0.15) is 10.5 Å². The van der Waals surface area contributed by atoms with Crippen LogP contribution in [-0.4, -0.2) is 29.8 Å². The molecule has 96 valence electrons. The number of carbonyl (C=O) groups is 1. The molecule has 0 aliphatic carbocycles. The molecule has 0 N–H and O–H groups in total. The van der Waals surface area contributed by atoms with E-state index in [1.165, 1.54) is 6.08 Å². The topological polar surface area (TPSA) is 33.2 Å². The first-order valence-corrected chi connectivity index (χ1v) is 6.07. The molecule has 0 unspecified atom stereocenters. The number of benzene rings is 1. The van der Waals surface area contributed by atoms with Crippen LogP contribution in [0.25, 0.3) is 11.1 Å². The number of hydrogen-bond acceptors (Lipinski definition) is 3. The van der Waals surface area contributed by atoms with Gasteiger partial charge < -0.3 is 4.90 Å². The minimum atomic E-state index is -0.0895. The minimum absolute atomic E-state index is 0.0895. The maximum atomic E-state index is 11.8. The van der Waals surface area contributed by atoms with Crippen LogP contribution in [0.5, 0.6) is 0 Å². The molecule has 0 saturated heterocycles. The van der Waals surface area contributed by atoms with Gasteiger partial charge in [-0.1, -0.05) is 36.4 Å². The van der Waals surface area contributed by atoms with E-state index < -0.39 is 0 Å². The van der Waals surface area contributed by atoms with Gasteiger partial charge in [-0.05, 0) is 11.6 Å². The van der Waals surface area contributed by atoms with Crippen molar-refractivity contribution >= 4 is 5.78 Å². The first kappa shape index (κ1) is 13.0. The fraction of sp³-hybridized carbons (Fsp3) is 0.125. The van der Waals surface area contributed by atoms with Crippen molar-refractivity contribution in [2.75, 3.05) is 14.1 Å². The summed E-state index contributed by atoms with van der Waals surface area (Å²) >= 11 is 0. The second-order valence-corrected chi connectivity index (χ2v) is 4.44. The van der Waals surface area contributed by atoms with Crippen LogP contribution in [0.2, 0.25) is 0 Å². The fourth-order valence-electron chi connectivity index (χ4n) is 1.64. The SMILES string of the molecule is CN(C)/C=C/C(=O)c1ccc(-c2ccccc2)cn1. The predicted molar refractivity (Wildman–Crippen MR) is 76.8 cm³/mol. The third-order valence-corrected chi connectivity index (χ3v) is 2.65. The van der Waals surface area contributed by atoms with E-state index in [2.05, 4.69) is 4.98 Å². The number of aromatic nitrogens is 1. The largest absolute Gasteiger partial charge is 0.383 e. The Morgan fingerprint density at radius 3 is 2.37 bits per heavy atom. The van der Waals surface area contributed by atoms with Gasteiger partial charge in [0, 0.05) is 38.1 Å². The zero-order valence-electron chi connectivity index (χ0n) is 11.1. The standard InChI is InChI=1S/C16H16N2O/c1-18(2)11-10-16(19)15-9-8-14(12-17-15)13-6-4-3-5-7-13/h3-12H,1-2H3/b11-10+. The lowest BCUT2D eigenvalue weighted by molar-refractivity contribution is 0.104. The molecule has 0 amide bonds. The van der Waals surface area contributed by atoms with Crippen molar-refractivity contribution in [3.8, 4) is 11.1 Å². The molecule has 0 aliphatic rings. The number of pyridine rings is 1. The summed E-state index contributed by atoms with van der Waals surface area (Å²) in [6.07, 6.45) is 4.96. The summed E-state index contributed by atoms with van der Waals surface area (Å²) < 4.78 is 0. The highest BCUT2D eigenvalue weighted by Crippen LogP contribution is 2.17. The molecule has 0 saturated carbocycles. The first-order valence-electron chi connectivity index (χ1n) is 6.07. The van der Waals surface area contributed by atoms with Gasteiger partial charge in [-0.2, -0.15) is 0 Å². The first-order chi connectivity index (χ1) is 9.16. The molecule has 0 fully saturated rings. The van der Waals surface area contributed by atoms with Crippen LogP contribution in [0.3, 0.4) is 0 Å². The lowest BCUT2D eigenvalue weighted by atomic mass is 10.1. The summed E-state index contributed by atoms with van der Waals surface area (Å²) in [4.78, 5) is 17.9. The van der Waals surface area contributed by atoms with Crippen molar-refractivity contribution in [3.05, 3.63) is 66.6 Å². The number of allylic oxidation sites excluding steroid dienone is 1. The van der Waals surface area contributed by atoms with E-state index in [0.29, 0.717) is 5.69 Å². The highest BCUT2D eigenvalue weighted by molar-refractivity contribution is 6.03. The van der Waals surface area contributed by atoms with E-state index in [1.807, 2.05) is 55.4 Å². The monoisotopic (exact) mass is 252 g/mol. The van der Waals surface area contributed by atoms with Crippen molar-refractivity contribution in [1.82, 2.24) is 9.88 Å². The Hall–Kier alpha value is -2.42. The van der Waals surface area contributed by atoms with Gasteiger partial charge in [-0.25, -0.2) is 0 Å². The number of carbonyl (C=O) groups excluding carboxylic acids is 1. The predicted octanol–water partition coefficient (Wildman–Crippen LogP) is 3.01.